The summed E-state index contributed by atoms with van der Waals surface area (Å²) in [5.41, 5.74) is 0. The lowest BCUT2D eigenvalue weighted by Crippen LogP contribution is -1.70. The van der Waals surface area contributed by atoms with Gasteiger partial charge in [-0.05, 0) is 38.5 Å². The Kier molecular flexibility index (Phi) is 14.5. The summed E-state index contributed by atoms with van der Waals surface area (Å²) < 4.78 is 0. The minimum Gasteiger partial charge on any atom is -0.0885 e. The van der Waals surface area contributed by atoms with Gasteiger partial charge in [0, 0.05) is 0 Å². The van der Waals surface area contributed by atoms with Gasteiger partial charge in [0.15, 0.2) is 0 Å². The van der Waals surface area contributed by atoms with E-state index in [2.05, 4.69) is 50.3 Å². The van der Waals surface area contributed by atoms with Gasteiger partial charge in [0.1, 0.15) is 0 Å². The van der Waals surface area contributed by atoms with Gasteiger partial charge in [-0.2, -0.15) is 0 Å². The maximum absolute atomic E-state index is 2.32. The van der Waals surface area contributed by atoms with Crippen LogP contribution in [0.4, 0.5) is 0 Å². The first kappa shape index (κ1) is 16.2. The van der Waals surface area contributed by atoms with Crippen LogP contribution < -0.4 is 0 Å². The summed E-state index contributed by atoms with van der Waals surface area (Å²) in [6, 6.07) is 0. The Morgan fingerprint density at radius 2 is 1.12 bits per heavy atom. The van der Waals surface area contributed by atoms with Gasteiger partial charge in [-0.15, -0.1) is 0 Å². The molecule has 98 valence electrons. The summed E-state index contributed by atoms with van der Waals surface area (Å²) >= 11 is 0. The zero-order valence-corrected chi connectivity index (χ0v) is 11.8. The number of unbranched alkanes of at least 4 members (excludes halogenated alkanes) is 5. The molecule has 0 aliphatic rings. The summed E-state index contributed by atoms with van der Waals surface area (Å²) in [6.45, 7) is 4.47. The second-order valence-electron chi connectivity index (χ2n) is 4.51. The van der Waals surface area contributed by atoms with Crippen LogP contribution in [-0.2, 0) is 0 Å². The maximum atomic E-state index is 2.32. The smallest absolute Gasteiger partial charge is 0.0169 e. The number of allylic oxidation sites excluding steroid dienone is 6. The zero-order chi connectivity index (χ0) is 12.6. The van der Waals surface area contributed by atoms with Crippen LogP contribution in [0.3, 0.4) is 0 Å². The molecule has 0 amide bonds. The van der Waals surface area contributed by atoms with E-state index in [1.807, 2.05) is 0 Å². The first-order chi connectivity index (χ1) is 8.41. The SMILES string of the molecule is CCC/C=C\CC/C=C\C/C=C\CCCCC. The van der Waals surface area contributed by atoms with Gasteiger partial charge in [0.05, 0.1) is 0 Å². The van der Waals surface area contributed by atoms with Crippen molar-refractivity contribution in [2.75, 3.05) is 0 Å². The summed E-state index contributed by atoms with van der Waals surface area (Å²) in [4.78, 5) is 0. The third-order valence-corrected chi connectivity index (χ3v) is 2.70. The molecule has 0 spiro atoms. The lowest BCUT2D eigenvalue weighted by atomic mass is 10.2. The molecule has 0 atom stereocenters. The van der Waals surface area contributed by atoms with Crippen LogP contribution in [0.1, 0.15) is 71.6 Å². The van der Waals surface area contributed by atoms with Crippen LogP contribution >= 0.6 is 0 Å². The van der Waals surface area contributed by atoms with Crippen molar-refractivity contribution in [3.8, 4) is 0 Å². The number of hydrogen-bond donors (Lipinski definition) is 0. The molecule has 0 heteroatoms. The highest BCUT2D eigenvalue weighted by atomic mass is 13.9. The fourth-order valence-corrected chi connectivity index (χ4v) is 1.61. The monoisotopic (exact) mass is 234 g/mol. The van der Waals surface area contributed by atoms with E-state index in [0.717, 1.165) is 6.42 Å². The third kappa shape index (κ3) is 15.2. The van der Waals surface area contributed by atoms with Crippen molar-refractivity contribution < 1.29 is 0 Å². The fraction of sp³-hybridized carbons (Fsp3) is 0.647. The average molecular weight is 234 g/mol. The molecule has 0 aromatic heterocycles. The Morgan fingerprint density at radius 3 is 1.76 bits per heavy atom. The molecule has 0 saturated carbocycles. The molecule has 0 unspecified atom stereocenters. The molecule has 0 bridgehead atoms. The Labute approximate surface area is 109 Å². The third-order valence-electron chi connectivity index (χ3n) is 2.70. The first-order valence-corrected chi connectivity index (χ1v) is 7.36. The highest BCUT2D eigenvalue weighted by Gasteiger charge is 1.81. The lowest BCUT2D eigenvalue weighted by molar-refractivity contribution is 0.728. The van der Waals surface area contributed by atoms with E-state index in [-0.39, 0.29) is 0 Å². The fourth-order valence-electron chi connectivity index (χ4n) is 1.61. The summed E-state index contributed by atoms with van der Waals surface area (Å²) in [5.74, 6) is 0. The van der Waals surface area contributed by atoms with E-state index < -0.39 is 0 Å². The van der Waals surface area contributed by atoms with E-state index in [1.54, 1.807) is 0 Å². The second kappa shape index (κ2) is 15.2. The molecule has 0 rings (SSSR count). The van der Waals surface area contributed by atoms with Crippen molar-refractivity contribution in [1.29, 1.82) is 0 Å². The molecule has 0 saturated heterocycles. The molecule has 0 aromatic rings. The average Bonchev–Trinajstić information content (AvgIpc) is 2.35. The van der Waals surface area contributed by atoms with Gasteiger partial charge < -0.3 is 0 Å². The molecular formula is C17H30. The first-order valence-electron chi connectivity index (χ1n) is 7.36. The van der Waals surface area contributed by atoms with E-state index in [4.69, 9.17) is 0 Å². The summed E-state index contributed by atoms with van der Waals surface area (Å²) in [7, 11) is 0. The minimum absolute atomic E-state index is 1.10. The van der Waals surface area contributed by atoms with Crippen LogP contribution in [-0.4, -0.2) is 0 Å². The zero-order valence-electron chi connectivity index (χ0n) is 11.8. The molecular weight excluding hydrogens is 204 g/mol. The van der Waals surface area contributed by atoms with Crippen molar-refractivity contribution in [3.63, 3.8) is 0 Å². The molecule has 0 aliphatic heterocycles. The van der Waals surface area contributed by atoms with Crippen LogP contribution in [0, 0.1) is 0 Å². The van der Waals surface area contributed by atoms with E-state index >= 15 is 0 Å². The Bertz CT molecular complexity index is 208. The van der Waals surface area contributed by atoms with Crippen LogP contribution in [0.15, 0.2) is 36.5 Å². The Morgan fingerprint density at radius 1 is 0.529 bits per heavy atom. The molecule has 0 radical (unpaired) electrons. The topological polar surface area (TPSA) is 0 Å². The maximum Gasteiger partial charge on any atom is -0.0169 e. The predicted octanol–water partition coefficient (Wildman–Crippen LogP) is 6.21. The Balaban J connectivity index is 3.24. The highest BCUT2D eigenvalue weighted by molar-refractivity contribution is 4.94. The Hall–Kier alpha value is -0.780. The van der Waals surface area contributed by atoms with E-state index in [1.165, 1.54) is 51.4 Å². The minimum atomic E-state index is 1.10. The normalized spacial score (nSPS) is 12.4. The van der Waals surface area contributed by atoms with Crippen molar-refractivity contribution >= 4 is 0 Å². The van der Waals surface area contributed by atoms with Crippen molar-refractivity contribution in [2.24, 2.45) is 0 Å². The van der Waals surface area contributed by atoms with Crippen molar-refractivity contribution in [2.45, 2.75) is 71.6 Å². The molecule has 17 heavy (non-hydrogen) atoms. The van der Waals surface area contributed by atoms with Gasteiger partial charge in [0.25, 0.3) is 0 Å². The molecule has 0 fully saturated rings. The molecule has 0 N–H and O–H groups in total. The number of hydrogen-bond acceptors (Lipinski definition) is 0. The molecule has 0 nitrogen and oxygen atoms in total. The number of rotatable bonds is 11. The van der Waals surface area contributed by atoms with Crippen LogP contribution in [0.5, 0.6) is 0 Å². The summed E-state index contributed by atoms with van der Waals surface area (Å²) in [6.07, 6.45) is 25.0. The molecule has 0 aliphatic carbocycles. The lowest BCUT2D eigenvalue weighted by Gasteiger charge is -1.91. The largest absolute Gasteiger partial charge is 0.0885 e. The van der Waals surface area contributed by atoms with Crippen LogP contribution in [0.25, 0.3) is 0 Å². The van der Waals surface area contributed by atoms with E-state index in [0.29, 0.717) is 0 Å². The van der Waals surface area contributed by atoms with Crippen LogP contribution in [0.2, 0.25) is 0 Å². The van der Waals surface area contributed by atoms with Crippen molar-refractivity contribution in [3.05, 3.63) is 36.5 Å². The second-order valence-corrected chi connectivity index (χ2v) is 4.51. The van der Waals surface area contributed by atoms with Gasteiger partial charge >= 0.3 is 0 Å². The molecule has 0 heterocycles. The van der Waals surface area contributed by atoms with Gasteiger partial charge in [-0.25, -0.2) is 0 Å². The van der Waals surface area contributed by atoms with Crippen molar-refractivity contribution in [1.82, 2.24) is 0 Å². The van der Waals surface area contributed by atoms with E-state index in [9.17, 15) is 0 Å². The quantitative estimate of drug-likeness (QED) is 0.295. The van der Waals surface area contributed by atoms with Gasteiger partial charge in [-0.3, -0.25) is 0 Å². The molecule has 0 aromatic carbocycles. The van der Waals surface area contributed by atoms with Gasteiger partial charge in [0.2, 0.25) is 0 Å². The standard InChI is InChI=1S/C17H30/c1-3-5-7-9-11-13-15-17-16-14-12-10-8-6-4-2/h7,9,12,14-15,17H,3-6,8,10-11,13,16H2,1-2H3/b9-7-,14-12-,17-15-. The summed E-state index contributed by atoms with van der Waals surface area (Å²) in [5, 5.41) is 0. The van der Waals surface area contributed by atoms with Gasteiger partial charge in [-0.1, -0.05) is 69.6 Å². The predicted molar refractivity (Wildman–Crippen MR) is 80.3 cm³/mol. The highest BCUT2D eigenvalue weighted by Crippen LogP contribution is 2.01.